The van der Waals surface area contributed by atoms with E-state index in [2.05, 4.69) is 11.3 Å². The highest BCUT2D eigenvalue weighted by atomic mass is 16.5. The Morgan fingerprint density at radius 1 is 1.00 bits per heavy atom. The van der Waals surface area contributed by atoms with Gasteiger partial charge < -0.3 is 14.9 Å². The topological polar surface area (TPSA) is 101 Å². The van der Waals surface area contributed by atoms with Gasteiger partial charge in [0, 0.05) is 12.3 Å². The number of hydrogen-bond acceptors (Lipinski definition) is 4. The quantitative estimate of drug-likeness (QED) is 0.667. The lowest BCUT2D eigenvalue weighted by Crippen LogP contribution is -2.03. The molecule has 2 aromatic carbocycles. The van der Waals surface area contributed by atoms with Crippen LogP contribution in [0.1, 0.15) is 27.6 Å². The van der Waals surface area contributed by atoms with Crippen LogP contribution >= 0.6 is 0 Å². The number of carboxylic acid groups (broad SMARTS) is 2. The molecule has 2 rings (SSSR count). The van der Waals surface area contributed by atoms with E-state index in [4.69, 9.17) is 10.2 Å². The van der Waals surface area contributed by atoms with Crippen LogP contribution in [0, 0.1) is 0 Å². The van der Waals surface area contributed by atoms with Crippen molar-refractivity contribution >= 4 is 28.7 Å². The minimum absolute atomic E-state index is 0.00972. The lowest BCUT2D eigenvalue weighted by molar-refractivity contribution is -0.135. The van der Waals surface area contributed by atoms with E-state index in [-0.39, 0.29) is 22.5 Å². The first-order chi connectivity index (χ1) is 10.4. The monoisotopic (exact) mass is 302 g/mol. The maximum Gasteiger partial charge on any atom is 0.336 e. The van der Waals surface area contributed by atoms with Crippen LogP contribution in [0.3, 0.4) is 0 Å². The molecule has 0 saturated heterocycles. The van der Waals surface area contributed by atoms with Crippen molar-refractivity contribution in [1.82, 2.24) is 0 Å². The van der Waals surface area contributed by atoms with Crippen LogP contribution in [0.2, 0.25) is 0 Å². The summed E-state index contributed by atoms with van der Waals surface area (Å²) in [6.45, 7) is 4.48. The van der Waals surface area contributed by atoms with Crippen molar-refractivity contribution in [2.24, 2.45) is 0 Å². The molecule has 6 nitrogen and oxygen atoms in total. The van der Waals surface area contributed by atoms with Gasteiger partial charge >= 0.3 is 17.9 Å². The minimum atomic E-state index is -1.13. The van der Waals surface area contributed by atoms with E-state index in [0.717, 1.165) is 6.26 Å². The van der Waals surface area contributed by atoms with E-state index in [1.54, 1.807) is 24.3 Å². The molecule has 0 spiro atoms. The highest BCUT2D eigenvalue weighted by Gasteiger charge is 2.15. The second kappa shape index (κ2) is 7.58. The average Bonchev–Trinajstić information content (AvgIpc) is 2.46. The smallest absolute Gasteiger partial charge is 0.336 e. The van der Waals surface area contributed by atoms with Crippen molar-refractivity contribution in [1.29, 1.82) is 0 Å². The molecule has 0 bridgehead atoms. The number of carboxylic acids is 2. The fourth-order valence-corrected chi connectivity index (χ4v) is 1.81. The van der Waals surface area contributed by atoms with Gasteiger partial charge in [0.15, 0.2) is 0 Å². The SMILES string of the molecule is C=COC(C)=O.O=C(O)c1cccc2cccc(C(=O)O)c12. The van der Waals surface area contributed by atoms with Crippen molar-refractivity contribution in [3.63, 3.8) is 0 Å². The molecule has 0 atom stereocenters. The van der Waals surface area contributed by atoms with Gasteiger partial charge in [-0.15, -0.1) is 0 Å². The number of fused-ring (bicyclic) bond motifs is 1. The summed E-state index contributed by atoms with van der Waals surface area (Å²) >= 11 is 0. The van der Waals surface area contributed by atoms with Crippen LogP contribution in [-0.4, -0.2) is 28.1 Å². The Labute approximate surface area is 126 Å². The standard InChI is InChI=1S/C12H8O4.C4H6O2/c13-11(14)8-5-1-3-7-4-2-6-9(10(7)8)12(15)16;1-3-6-4(2)5/h1-6H,(H,13,14)(H,15,16);3H,1H2,2H3. The third kappa shape index (κ3) is 4.17. The number of carbonyl (C=O) groups is 3. The summed E-state index contributed by atoms with van der Waals surface area (Å²) < 4.78 is 4.17. The number of aromatic carboxylic acids is 2. The minimum Gasteiger partial charge on any atom is -0.478 e. The number of hydrogen-bond donors (Lipinski definition) is 2. The predicted octanol–water partition coefficient (Wildman–Crippen LogP) is 2.93. The van der Waals surface area contributed by atoms with Crippen molar-refractivity contribution in [2.45, 2.75) is 6.92 Å². The molecular weight excluding hydrogens is 288 g/mol. The van der Waals surface area contributed by atoms with Gasteiger partial charge in [-0.3, -0.25) is 4.79 Å². The molecule has 0 aliphatic rings. The molecule has 0 aliphatic heterocycles. The summed E-state index contributed by atoms with van der Waals surface area (Å²) in [6, 6.07) is 9.37. The highest BCUT2D eigenvalue weighted by Crippen LogP contribution is 2.23. The maximum absolute atomic E-state index is 11.0. The molecule has 0 saturated carbocycles. The van der Waals surface area contributed by atoms with Gasteiger partial charge in [-0.1, -0.05) is 30.8 Å². The summed E-state index contributed by atoms with van der Waals surface area (Å²) in [5, 5.41) is 18.9. The van der Waals surface area contributed by atoms with Gasteiger partial charge in [0.1, 0.15) is 0 Å². The van der Waals surface area contributed by atoms with Crippen molar-refractivity contribution in [2.75, 3.05) is 0 Å². The molecule has 0 fully saturated rings. The summed E-state index contributed by atoms with van der Waals surface area (Å²) in [5.74, 6) is -2.58. The number of esters is 1. The molecule has 0 unspecified atom stereocenters. The molecule has 0 aromatic heterocycles. The Morgan fingerprint density at radius 3 is 1.73 bits per heavy atom. The lowest BCUT2D eigenvalue weighted by Gasteiger charge is -2.05. The van der Waals surface area contributed by atoms with Gasteiger partial charge in [0.2, 0.25) is 0 Å². The van der Waals surface area contributed by atoms with Crippen LogP contribution in [0.15, 0.2) is 49.2 Å². The number of ether oxygens (including phenoxy) is 1. The summed E-state index contributed by atoms with van der Waals surface area (Å²) in [7, 11) is 0. The lowest BCUT2D eigenvalue weighted by atomic mass is 9.99. The molecule has 0 heterocycles. The Bertz CT molecular complexity index is 684. The van der Waals surface area contributed by atoms with E-state index in [1.807, 2.05) is 0 Å². The Balaban J connectivity index is 0.000000346. The van der Waals surface area contributed by atoms with Gasteiger partial charge in [0.25, 0.3) is 0 Å². The van der Waals surface area contributed by atoms with Gasteiger partial charge in [-0.05, 0) is 17.5 Å². The molecule has 0 amide bonds. The number of benzene rings is 2. The maximum atomic E-state index is 11.0. The van der Waals surface area contributed by atoms with Crippen molar-refractivity contribution in [3.05, 3.63) is 60.4 Å². The first-order valence-electron chi connectivity index (χ1n) is 6.15. The van der Waals surface area contributed by atoms with E-state index in [1.165, 1.54) is 19.1 Å². The summed E-state index contributed by atoms with van der Waals surface area (Å²) in [4.78, 5) is 31.7. The zero-order valence-corrected chi connectivity index (χ0v) is 11.8. The van der Waals surface area contributed by atoms with Gasteiger partial charge in [-0.25, -0.2) is 9.59 Å². The van der Waals surface area contributed by atoms with Crippen molar-refractivity contribution in [3.8, 4) is 0 Å². The normalized spacial score (nSPS) is 9.32. The third-order valence-corrected chi connectivity index (χ3v) is 2.61. The molecular formula is C16H14O6. The van der Waals surface area contributed by atoms with Crippen LogP contribution in [0.25, 0.3) is 10.8 Å². The number of rotatable bonds is 3. The van der Waals surface area contributed by atoms with Crippen LogP contribution in [0.4, 0.5) is 0 Å². The predicted molar refractivity (Wildman–Crippen MR) is 79.8 cm³/mol. The van der Waals surface area contributed by atoms with Gasteiger partial charge in [0.05, 0.1) is 17.4 Å². The second-order valence-corrected chi connectivity index (χ2v) is 4.10. The molecule has 0 aliphatic carbocycles. The molecule has 22 heavy (non-hydrogen) atoms. The highest BCUT2D eigenvalue weighted by molar-refractivity contribution is 6.12. The Morgan fingerprint density at radius 2 is 1.45 bits per heavy atom. The number of carbonyl (C=O) groups excluding carboxylic acids is 1. The van der Waals surface area contributed by atoms with Crippen molar-refractivity contribution < 1.29 is 29.3 Å². The first-order valence-corrected chi connectivity index (χ1v) is 6.15. The zero-order valence-electron chi connectivity index (χ0n) is 11.8. The third-order valence-electron chi connectivity index (χ3n) is 2.61. The second-order valence-electron chi connectivity index (χ2n) is 4.10. The molecule has 0 radical (unpaired) electrons. The molecule has 2 N–H and O–H groups in total. The molecule has 2 aromatic rings. The summed E-state index contributed by atoms with van der Waals surface area (Å²) in [6.07, 6.45) is 1.10. The van der Waals surface area contributed by atoms with E-state index in [0.29, 0.717) is 5.39 Å². The fraction of sp³-hybridized carbons (Fsp3) is 0.0625. The van der Waals surface area contributed by atoms with E-state index >= 15 is 0 Å². The van der Waals surface area contributed by atoms with Crippen LogP contribution < -0.4 is 0 Å². The fourth-order valence-electron chi connectivity index (χ4n) is 1.81. The van der Waals surface area contributed by atoms with Crippen LogP contribution in [-0.2, 0) is 9.53 Å². The zero-order chi connectivity index (χ0) is 16.7. The average molecular weight is 302 g/mol. The first kappa shape index (κ1) is 16.9. The van der Waals surface area contributed by atoms with Crippen LogP contribution in [0.5, 0.6) is 0 Å². The Kier molecular flexibility index (Phi) is 5.83. The van der Waals surface area contributed by atoms with Gasteiger partial charge in [-0.2, -0.15) is 0 Å². The summed E-state index contributed by atoms with van der Waals surface area (Å²) in [5.41, 5.74) is 0.0194. The van der Waals surface area contributed by atoms with E-state index in [9.17, 15) is 14.4 Å². The largest absolute Gasteiger partial charge is 0.478 e. The Hall–Kier alpha value is -3.15. The molecule has 6 heteroatoms. The van der Waals surface area contributed by atoms with E-state index < -0.39 is 11.9 Å². The molecule has 114 valence electrons.